The summed E-state index contributed by atoms with van der Waals surface area (Å²) in [6.45, 7) is 2.21. The molecular weight excluding hydrogens is 266 g/mol. The molecule has 2 saturated carbocycles. The van der Waals surface area contributed by atoms with Crippen LogP contribution in [0, 0.1) is 11.3 Å². The lowest BCUT2D eigenvalue weighted by atomic mass is 9.46. The van der Waals surface area contributed by atoms with Crippen LogP contribution in [0.5, 0.6) is 11.5 Å². The Kier molecular flexibility index (Phi) is 2.48. The molecule has 21 heavy (non-hydrogen) atoms. The molecule has 5 rings (SSSR count). The summed E-state index contributed by atoms with van der Waals surface area (Å²) < 4.78 is 17.5. The van der Waals surface area contributed by atoms with E-state index >= 15 is 0 Å². The van der Waals surface area contributed by atoms with Gasteiger partial charge in [-0.3, -0.25) is 0 Å². The van der Waals surface area contributed by atoms with E-state index in [1.165, 1.54) is 25.7 Å². The first-order chi connectivity index (χ1) is 10.4. The molecular formula is C17H21NO3. The molecule has 2 aliphatic carbocycles. The van der Waals surface area contributed by atoms with Gasteiger partial charge in [-0.15, -0.1) is 0 Å². The molecule has 1 aromatic rings. The number of anilines is 1. The van der Waals surface area contributed by atoms with Crippen LogP contribution in [0.15, 0.2) is 18.2 Å². The van der Waals surface area contributed by atoms with Crippen molar-refractivity contribution in [1.29, 1.82) is 0 Å². The van der Waals surface area contributed by atoms with Gasteiger partial charge in [0, 0.05) is 24.0 Å². The second-order valence-corrected chi connectivity index (χ2v) is 6.78. The molecule has 1 aromatic carbocycles. The number of ether oxygens (including phenoxy) is 3. The molecule has 3 fully saturated rings. The smallest absolute Gasteiger partial charge is 0.184 e. The Labute approximate surface area is 124 Å². The van der Waals surface area contributed by atoms with Crippen molar-refractivity contribution >= 4 is 5.69 Å². The third kappa shape index (κ3) is 1.54. The highest BCUT2D eigenvalue weighted by molar-refractivity contribution is 5.64. The molecule has 2 aliphatic heterocycles. The molecule has 112 valence electrons. The first-order valence-corrected chi connectivity index (χ1v) is 8.15. The molecule has 4 heteroatoms. The topological polar surface area (TPSA) is 39.7 Å². The summed E-state index contributed by atoms with van der Waals surface area (Å²) in [6, 6.07) is 6.69. The Bertz CT molecular complexity index is 569. The lowest BCUT2D eigenvalue weighted by molar-refractivity contribution is -0.158. The molecule has 2 heterocycles. The van der Waals surface area contributed by atoms with Crippen molar-refractivity contribution in [3.05, 3.63) is 18.2 Å². The summed E-state index contributed by atoms with van der Waals surface area (Å²) >= 11 is 0. The van der Waals surface area contributed by atoms with Gasteiger partial charge in [0.15, 0.2) is 11.5 Å². The van der Waals surface area contributed by atoms with E-state index in [-0.39, 0.29) is 0 Å². The van der Waals surface area contributed by atoms with E-state index in [1.807, 2.05) is 12.1 Å². The van der Waals surface area contributed by atoms with Gasteiger partial charge in [0.1, 0.15) is 13.2 Å². The van der Waals surface area contributed by atoms with Crippen LogP contribution in [0.25, 0.3) is 0 Å². The van der Waals surface area contributed by atoms with Crippen LogP contribution in [-0.4, -0.2) is 32.0 Å². The Hall–Kier alpha value is -1.42. The summed E-state index contributed by atoms with van der Waals surface area (Å²) in [5.74, 6) is 2.43. The molecule has 1 saturated heterocycles. The van der Waals surface area contributed by atoms with E-state index in [2.05, 4.69) is 11.4 Å². The lowest BCUT2D eigenvalue weighted by Crippen LogP contribution is -2.68. The van der Waals surface area contributed by atoms with Crippen molar-refractivity contribution in [2.45, 2.75) is 37.8 Å². The van der Waals surface area contributed by atoms with Gasteiger partial charge in [-0.05, 0) is 31.4 Å². The van der Waals surface area contributed by atoms with Gasteiger partial charge in [-0.25, -0.2) is 0 Å². The van der Waals surface area contributed by atoms with Crippen LogP contribution < -0.4 is 14.8 Å². The van der Waals surface area contributed by atoms with Gasteiger partial charge in [-0.2, -0.15) is 0 Å². The number of para-hydroxylation sites is 1. The predicted octanol–water partition coefficient (Wildman–Crippen LogP) is 2.83. The number of benzene rings is 1. The average molecular weight is 287 g/mol. The SMILES string of the molecule is c1cc(N[C@@H]2[C@@H]3CCO[C@H]3C23CCC3)c2c(c1)OCCO2. The highest BCUT2D eigenvalue weighted by Gasteiger charge is 2.66. The Balaban J connectivity index is 1.45. The monoisotopic (exact) mass is 287 g/mol. The zero-order chi connectivity index (χ0) is 13.9. The number of rotatable bonds is 2. The average Bonchev–Trinajstić information content (AvgIpc) is 2.88. The second kappa shape index (κ2) is 4.29. The summed E-state index contributed by atoms with van der Waals surface area (Å²) in [6.07, 6.45) is 5.64. The van der Waals surface area contributed by atoms with E-state index in [1.54, 1.807) is 0 Å². The van der Waals surface area contributed by atoms with Crippen LogP contribution >= 0.6 is 0 Å². The number of hydrogen-bond donors (Lipinski definition) is 1. The Morgan fingerprint density at radius 1 is 1.10 bits per heavy atom. The lowest BCUT2D eigenvalue weighted by Gasteiger charge is -2.63. The molecule has 1 spiro atoms. The standard InChI is InChI=1S/C17H21NO3/c1-3-12(14-13(4-1)19-9-10-20-14)18-15-11-5-8-21-16(11)17(15)6-2-7-17/h1,3-4,11,15-16,18H,2,5-10H2/t11-,15+,16+/m0/s1. The maximum atomic E-state index is 5.99. The summed E-state index contributed by atoms with van der Waals surface area (Å²) in [7, 11) is 0. The number of nitrogens with one attached hydrogen (secondary N) is 1. The van der Waals surface area contributed by atoms with Crippen LogP contribution in [0.3, 0.4) is 0 Å². The van der Waals surface area contributed by atoms with E-state index in [9.17, 15) is 0 Å². The second-order valence-electron chi connectivity index (χ2n) is 6.78. The van der Waals surface area contributed by atoms with Crippen LogP contribution in [0.1, 0.15) is 25.7 Å². The third-order valence-electron chi connectivity index (χ3n) is 5.91. The summed E-state index contributed by atoms with van der Waals surface area (Å²) in [5, 5.41) is 3.79. The van der Waals surface area contributed by atoms with Crippen LogP contribution in [0.2, 0.25) is 0 Å². The molecule has 1 N–H and O–H groups in total. The fraction of sp³-hybridized carbons (Fsp3) is 0.647. The van der Waals surface area contributed by atoms with Gasteiger partial charge in [0.25, 0.3) is 0 Å². The van der Waals surface area contributed by atoms with Gasteiger partial charge in [0.05, 0.1) is 11.8 Å². The number of hydrogen-bond acceptors (Lipinski definition) is 4. The van der Waals surface area contributed by atoms with Crippen molar-refractivity contribution in [2.75, 3.05) is 25.1 Å². The Morgan fingerprint density at radius 2 is 2.00 bits per heavy atom. The molecule has 0 bridgehead atoms. The van der Waals surface area contributed by atoms with Crippen molar-refractivity contribution in [3.8, 4) is 11.5 Å². The highest BCUT2D eigenvalue weighted by Crippen LogP contribution is 2.63. The maximum absolute atomic E-state index is 5.99. The minimum absolute atomic E-state index is 0.388. The minimum Gasteiger partial charge on any atom is -0.486 e. The minimum atomic E-state index is 0.388. The Morgan fingerprint density at radius 3 is 2.86 bits per heavy atom. The van der Waals surface area contributed by atoms with Gasteiger partial charge < -0.3 is 19.5 Å². The summed E-state index contributed by atoms with van der Waals surface area (Å²) in [5.41, 5.74) is 1.48. The zero-order valence-electron chi connectivity index (χ0n) is 12.1. The summed E-state index contributed by atoms with van der Waals surface area (Å²) in [4.78, 5) is 0. The van der Waals surface area contributed by atoms with Crippen molar-refractivity contribution in [3.63, 3.8) is 0 Å². The van der Waals surface area contributed by atoms with Crippen molar-refractivity contribution in [1.82, 2.24) is 0 Å². The molecule has 0 radical (unpaired) electrons. The van der Waals surface area contributed by atoms with E-state index in [0.29, 0.717) is 36.7 Å². The third-order valence-corrected chi connectivity index (χ3v) is 5.91. The zero-order valence-corrected chi connectivity index (χ0v) is 12.1. The molecule has 4 aliphatic rings. The van der Waals surface area contributed by atoms with E-state index < -0.39 is 0 Å². The fourth-order valence-electron chi connectivity index (χ4n) is 4.81. The largest absolute Gasteiger partial charge is 0.486 e. The maximum Gasteiger partial charge on any atom is 0.184 e. The molecule has 4 nitrogen and oxygen atoms in total. The van der Waals surface area contributed by atoms with Crippen LogP contribution in [-0.2, 0) is 4.74 Å². The van der Waals surface area contributed by atoms with E-state index in [0.717, 1.165) is 23.8 Å². The molecule has 0 unspecified atom stereocenters. The molecule has 0 aromatic heterocycles. The highest BCUT2D eigenvalue weighted by atomic mass is 16.6. The van der Waals surface area contributed by atoms with Gasteiger partial charge in [0.2, 0.25) is 0 Å². The van der Waals surface area contributed by atoms with Crippen molar-refractivity contribution < 1.29 is 14.2 Å². The predicted molar refractivity (Wildman–Crippen MR) is 79.0 cm³/mol. The quantitative estimate of drug-likeness (QED) is 0.908. The molecule has 3 atom stereocenters. The first-order valence-electron chi connectivity index (χ1n) is 8.15. The number of fused-ring (bicyclic) bond motifs is 3. The van der Waals surface area contributed by atoms with Gasteiger partial charge >= 0.3 is 0 Å². The first kappa shape index (κ1) is 12.2. The normalized spacial score (nSPS) is 34.8. The fourth-order valence-corrected chi connectivity index (χ4v) is 4.81. The van der Waals surface area contributed by atoms with Gasteiger partial charge in [-0.1, -0.05) is 12.5 Å². The van der Waals surface area contributed by atoms with Crippen molar-refractivity contribution in [2.24, 2.45) is 11.3 Å². The molecule has 0 amide bonds. The van der Waals surface area contributed by atoms with E-state index in [4.69, 9.17) is 14.2 Å². The van der Waals surface area contributed by atoms with Crippen LogP contribution in [0.4, 0.5) is 5.69 Å².